The molecule has 1 aromatic carbocycles. The van der Waals surface area contributed by atoms with Crippen LogP contribution < -0.4 is 0 Å². The molecule has 4 heteroatoms. The highest BCUT2D eigenvalue weighted by atomic mass is 35.5. The Morgan fingerprint density at radius 3 is 2.94 bits per heavy atom. The number of pyridine rings is 1. The first-order valence-electron chi connectivity index (χ1n) is 5.21. The molecule has 0 atom stereocenters. The molecule has 2 nitrogen and oxygen atoms in total. The molecular formula is C13H9ClN2S. The molecule has 3 aromatic rings. The van der Waals surface area contributed by atoms with Crippen LogP contribution in [0.25, 0.3) is 20.8 Å². The third-order valence-electron chi connectivity index (χ3n) is 2.55. The first-order valence-corrected chi connectivity index (χ1v) is 6.40. The number of rotatable bonds is 1. The number of thiazole rings is 1. The molecule has 2 heterocycles. The first-order chi connectivity index (χ1) is 8.24. The van der Waals surface area contributed by atoms with Gasteiger partial charge in [-0.1, -0.05) is 17.7 Å². The van der Waals surface area contributed by atoms with E-state index in [0.717, 1.165) is 16.1 Å². The molecule has 0 unspecified atom stereocenters. The minimum absolute atomic E-state index is 0.642. The lowest BCUT2D eigenvalue weighted by atomic mass is 10.2. The van der Waals surface area contributed by atoms with Crippen molar-refractivity contribution in [1.29, 1.82) is 0 Å². The van der Waals surface area contributed by atoms with Gasteiger partial charge in [-0.25, -0.2) is 4.98 Å². The maximum absolute atomic E-state index is 6.12. The molecule has 0 radical (unpaired) electrons. The van der Waals surface area contributed by atoms with Crippen LogP contribution in [-0.2, 0) is 0 Å². The van der Waals surface area contributed by atoms with E-state index in [-0.39, 0.29) is 0 Å². The lowest BCUT2D eigenvalue weighted by Gasteiger charge is -1.96. The lowest BCUT2D eigenvalue weighted by molar-refractivity contribution is 1.32. The van der Waals surface area contributed by atoms with Crippen LogP contribution in [0.1, 0.15) is 5.56 Å². The minimum Gasteiger partial charge on any atom is -0.263 e. The molecule has 84 valence electrons. The second kappa shape index (κ2) is 4.09. The molecule has 0 spiro atoms. The number of halogens is 1. The second-order valence-corrected chi connectivity index (χ2v) is 5.28. The first kappa shape index (κ1) is 10.7. The quantitative estimate of drug-likeness (QED) is 0.651. The van der Waals surface area contributed by atoms with Crippen molar-refractivity contribution in [2.24, 2.45) is 0 Å². The summed E-state index contributed by atoms with van der Waals surface area (Å²) in [6, 6.07) is 8.15. The Kier molecular flexibility index (Phi) is 2.57. The third kappa shape index (κ3) is 1.92. The van der Waals surface area contributed by atoms with Crippen LogP contribution in [0.2, 0.25) is 5.02 Å². The van der Waals surface area contributed by atoms with Crippen LogP contribution in [-0.4, -0.2) is 9.97 Å². The number of fused-ring (bicyclic) bond motifs is 1. The number of nitrogens with zero attached hydrogens (tertiary/aromatic N) is 2. The topological polar surface area (TPSA) is 25.8 Å². The maximum Gasteiger partial charge on any atom is 0.126 e. The van der Waals surface area contributed by atoms with Gasteiger partial charge in [-0.15, -0.1) is 11.3 Å². The lowest BCUT2D eigenvalue weighted by Crippen LogP contribution is -1.79. The van der Waals surface area contributed by atoms with E-state index in [1.54, 1.807) is 23.7 Å². The number of benzene rings is 1. The van der Waals surface area contributed by atoms with Crippen LogP contribution in [0.5, 0.6) is 0 Å². The second-order valence-electron chi connectivity index (χ2n) is 3.85. The van der Waals surface area contributed by atoms with E-state index in [0.29, 0.717) is 5.02 Å². The summed E-state index contributed by atoms with van der Waals surface area (Å²) in [5.41, 5.74) is 3.21. The Hall–Kier alpha value is -1.45. The van der Waals surface area contributed by atoms with Crippen molar-refractivity contribution in [2.75, 3.05) is 0 Å². The maximum atomic E-state index is 6.12. The Balaban J connectivity index is 2.22. The Morgan fingerprint density at radius 2 is 2.12 bits per heavy atom. The van der Waals surface area contributed by atoms with E-state index in [1.165, 1.54) is 10.3 Å². The largest absolute Gasteiger partial charge is 0.263 e. The number of aryl methyl sites for hydroxylation is 1. The molecular weight excluding hydrogens is 252 g/mol. The molecule has 0 saturated heterocycles. The van der Waals surface area contributed by atoms with Gasteiger partial charge in [-0.2, -0.15) is 0 Å². The fourth-order valence-electron chi connectivity index (χ4n) is 1.70. The summed E-state index contributed by atoms with van der Waals surface area (Å²) in [5, 5.41) is 1.58. The summed E-state index contributed by atoms with van der Waals surface area (Å²) < 4.78 is 1.19. The summed E-state index contributed by atoms with van der Waals surface area (Å²) in [7, 11) is 0. The SMILES string of the molecule is Cc1ccc2nc(-c3ccncc3Cl)sc2c1. The molecule has 0 saturated carbocycles. The molecule has 0 fully saturated rings. The molecule has 0 aliphatic carbocycles. The van der Waals surface area contributed by atoms with Gasteiger partial charge >= 0.3 is 0 Å². The number of hydrogen-bond acceptors (Lipinski definition) is 3. The van der Waals surface area contributed by atoms with Crippen LogP contribution in [0.3, 0.4) is 0 Å². The van der Waals surface area contributed by atoms with E-state index in [2.05, 4.69) is 29.0 Å². The van der Waals surface area contributed by atoms with E-state index in [4.69, 9.17) is 11.6 Å². The van der Waals surface area contributed by atoms with Crippen molar-refractivity contribution in [3.8, 4) is 10.6 Å². The van der Waals surface area contributed by atoms with Crippen molar-refractivity contribution in [3.05, 3.63) is 47.2 Å². The van der Waals surface area contributed by atoms with Crippen LogP contribution in [0, 0.1) is 6.92 Å². The monoisotopic (exact) mass is 260 g/mol. The number of aromatic nitrogens is 2. The zero-order valence-electron chi connectivity index (χ0n) is 9.14. The van der Waals surface area contributed by atoms with Gasteiger partial charge in [0, 0.05) is 18.0 Å². The Bertz CT molecular complexity index is 691. The van der Waals surface area contributed by atoms with Crippen LogP contribution in [0.4, 0.5) is 0 Å². The van der Waals surface area contributed by atoms with Gasteiger partial charge in [-0.05, 0) is 30.7 Å². The molecule has 0 amide bonds. The van der Waals surface area contributed by atoms with Crippen molar-refractivity contribution in [1.82, 2.24) is 9.97 Å². The fraction of sp³-hybridized carbons (Fsp3) is 0.0769. The Morgan fingerprint density at radius 1 is 1.24 bits per heavy atom. The average Bonchev–Trinajstić information content (AvgIpc) is 2.72. The average molecular weight is 261 g/mol. The van der Waals surface area contributed by atoms with Gasteiger partial charge in [0.2, 0.25) is 0 Å². The highest BCUT2D eigenvalue weighted by Gasteiger charge is 2.09. The molecule has 2 aromatic heterocycles. The van der Waals surface area contributed by atoms with E-state index in [9.17, 15) is 0 Å². The van der Waals surface area contributed by atoms with Crippen molar-refractivity contribution < 1.29 is 0 Å². The summed E-state index contributed by atoms with van der Waals surface area (Å²) in [5.74, 6) is 0. The van der Waals surface area contributed by atoms with Crippen molar-refractivity contribution in [3.63, 3.8) is 0 Å². The van der Waals surface area contributed by atoms with Crippen molar-refractivity contribution >= 4 is 33.2 Å². The standard InChI is InChI=1S/C13H9ClN2S/c1-8-2-3-11-12(6-8)17-13(16-11)9-4-5-15-7-10(9)14/h2-7H,1H3. The van der Waals surface area contributed by atoms with Gasteiger partial charge in [0.15, 0.2) is 0 Å². The molecule has 0 bridgehead atoms. The van der Waals surface area contributed by atoms with E-state index >= 15 is 0 Å². The van der Waals surface area contributed by atoms with Gasteiger partial charge in [0.1, 0.15) is 5.01 Å². The molecule has 3 rings (SSSR count). The zero-order chi connectivity index (χ0) is 11.8. The summed E-state index contributed by atoms with van der Waals surface area (Å²) in [6.07, 6.45) is 3.38. The van der Waals surface area contributed by atoms with E-state index in [1.807, 2.05) is 12.1 Å². The molecule has 0 aliphatic heterocycles. The summed E-state index contributed by atoms with van der Waals surface area (Å²) >= 11 is 7.78. The summed E-state index contributed by atoms with van der Waals surface area (Å²) in [6.45, 7) is 2.08. The highest BCUT2D eigenvalue weighted by molar-refractivity contribution is 7.21. The summed E-state index contributed by atoms with van der Waals surface area (Å²) in [4.78, 5) is 8.57. The van der Waals surface area contributed by atoms with Crippen LogP contribution in [0.15, 0.2) is 36.7 Å². The molecule has 17 heavy (non-hydrogen) atoms. The minimum atomic E-state index is 0.642. The predicted octanol–water partition coefficient (Wildman–Crippen LogP) is 4.32. The van der Waals surface area contributed by atoms with Gasteiger partial charge in [-0.3, -0.25) is 4.98 Å². The zero-order valence-corrected chi connectivity index (χ0v) is 10.7. The van der Waals surface area contributed by atoms with Gasteiger partial charge in [0.25, 0.3) is 0 Å². The number of hydrogen-bond donors (Lipinski definition) is 0. The fourth-order valence-corrected chi connectivity index (χ4v) is 3.06. The smallest absolute Gasteiger partial charge is 0.126 e. The molecule has 0 N–H and O–H groups in total. The molecule has 0 aliphatic rings. The normalized spacial score (nSPS) is 10.9. The predicted molar refractivity (Wildman–Crippen MR) is 72.6 cm³/mol. The van der Waals surface area contributed by atoms with Crippen molar-refractivity contribution in [2.45, 2.75) is 6.92 Å². The highest BCUT2D eigenvalue weighted by Crippen LogP contribution is 2.33. The van der Waals surface area contributed by atoms with Crippen LogP contribution >= 0.6 is 22.9 Å². The Labute approximate surface area is 108 Å². The third-order valence-corrected chi connectivity index (χ3v) is 3.90. The van der Waals surface area contributed by atoms with Gasteiger partial charge < -0.3 is 0 Å². The van der Waals surface area contributed by atoms with Gasteiger partial charge in [0.05, 0.1) is 15.2 Å². The van der Waals surface area contributed by atoms with E-state index < -0.39 is 0 Å².